The average molecular weight is 690 g/mol. The minimum absolute atomic E-state index is 0.0959. The first-order valence-electron chi connectivity index (χ1n) is 16.8. The van der Waals surface area contributed by atoms with E-state index in [0.29, 0.717) is 36.3 Å². The molecule has 256 valence electrons. The lowest BCUT2D eigenvalue weighted by atomic mass is 10.0. The van der Waals surface area contributed by atoms with E-state index in [2.05, 4.69) is 11.0 Å². The molecule has 1 saturated heterocycles. The Morgan fingerprint density at radius 3 is 2.38 bits per heavy atom. The monoisotopic (exact) mass is 689 g/mol. The number of hydrogen-bond acceptors (Lipinski definition) is 7. The van der Waals surface area contributed by atoms with Crippen LogP contribution in [0.3, 0.4) is 0 Å². The van der Waals surface area contributed by atoms with Gasteiger partial charge in [0.2, 0.25) is 5.91 Å². The number of likely N-dealkylation sites (N-methyl/N-ethyl adjacent to an activating group) is 1. The number of hydrogen-bond donors (Lipinski definition) is 0. The van der Waals surface area contributed by atoms with E-state index in [-0.39, 0.29) is 27.9 Å². The van der Waals surface area contributed by atoms with Crippen LogP contribution in [-0.4, -0.2) is 77.0 Å². The summed E-state index contributed by atoms with van der Waals surface area (Å²) in [5.74, 6) is 0.915. The van der Waals surface area contributed by atoms with Gasteiger partial charge < -0.3 is 14.2 Å². The third kappa shape index (κ3) is 6.07. The molecular weight excluding hydrogens is 651 g/mol. The predicted molar refractivity (Wildman–Crippen MR) is 196 cm³/mol. The Hall–Kier alpha value is -5.26. The van der Waals surface area contributed by atoms with Gasteiger partial charge in [0.25, 0.3) is 15.6 Å². The molecule has 0 radical (unpaired) electrons. The molecule has 6 aromatic rings. The number of piperazine rings is 1. The zero-order valence-corrected chi connectivity index (χ0v) is 29.4. The lowest BCUT2D eigenvalue weighted by molar-refractivity contribution is -0.139. The fourth-order valence-electron chi connectivity index (χ4n) is 6.57. The number of amides is 1. The molecule has 1 atom stereocenters. The van der Waals surface area contributed by atoms with E-state index in [1.807, 2.05) is 76.3 Å². The van der Waals surface area contributed by atoms with E-state index in [1.54, 1.807) is 41.4 Å². The van der Waals surface area contributed by atoms with E-state index < -0.39 is 10.0 Å². The number of carbonyl (C=O) groups is 1. The van der Waals surface area contributed by atoms with Crippen molar-refractivity contribution in [2.24, 2.45) is 0 Å². The topological polar surface area (TPSA) is 107 Å². The molecule has 0 unspecified atom stereocenters. The first kappa shape index (κ1) is 33.2. The van der Waals surface area contributed by atoms with Crippen molar-refractivity contribution in [2.45, 2.75) is 38.3 Å². The van der Waals surface area contributed by atoms with Crippen LogP contribution >= 0.6 is 0 Å². The second kappa shape index (κ2) is 13.2. The van der Waals surface area contributed by atoms with Gasteiger partial charge in [-0.25, -0.2) is 17.4 Å². The highest BCUT2D eigenvalue weighted by Crippen LogP contribution is 2.32. The maximum Gasteiger partial charge on any atom is 0.276 e. The highest BCUT2D eigenvalue weighted by molar-refractivity contribution is 7.90. The minimum Gasteiger partial charge on any atom is -0.492 e. The van der Waals surface area contributed by atoms with Gasteiger partial charge in [0, 0.05) is 62.0 Å². The summed E-state index contributed by atoms with van der Waals surface area (Å²) in [6, 6.07) is 26.1. The van der Waals surface area contributed by atoms with Gasteiger partial charge in [-0.05, 0) is 80.4 Å². The van der Waals surface area contributed by atoms with Crippen molar-refractivity contribution < 1.29 is 17.9 Å². The van der Waals surface area contributed by atoms with Crippen LogP contribution in [0, 0.1) is 6.92 Å². The first-order chi connectivity index (χ1) is 24.0. The van der Waals surface area contributed by atoms with Crippen LogP contribution in [-0.2, 0) is 21.4 Å². The third-order valence-corrected chi connectivity index (χ3v) is 11.3. The molecule has 4 heterocycles. The van der Waals surface area contributed by atoms with E-state index >= 15 is 0 Å². The fourth-order valence-corrected chi connectivity index (χ4v) is 7.91. The third-order valence-electron chi connectivity index (χ3n) is 9.61. The van der Waals surface area contributed by atoms with E-state index in [4.69, 9.17) is 9.72 Å². The second-order valence-electron chi connectivity index (χ2n) is 12.8. The highest BCUT2D eigenvalue weighted by Gasteiger charge is 2.29. The van der Waals surface area contributed by atoms with Crippen molar-refractivity contribution in [1.29, 1.82) is 0 Å². The van der Waals surface area contributed by atoms with Crippen molar-refractivity contribution in [2.75, 3.05) is 33.3 Å². The summed E-state index contributed by atoms with van der Waals surface area (Å²) in [6.45, 7) is 8.81. The van der Waals surface area contributed by atoms with Crippen LogP contribution < -0.4 is 10.3 Å². The van der Waals surface area contributed by atoms with Crippen LogP contribution in [0.25, 0.3) is 44.2 Å². The Bertz CT molecular complexity index is 2400. The standard InChI is InChI=1S/C39H39N5O5S/c1-5-42-25-34(33-18-19-44(37(33)39(42)46)50(47,48)32-14-6-26(2)7-15-32)36-17-11-30-24-29(10-16-35(30)40-36)28-8-12-31(13-9-28)49-23-22-43-21-20-41(4)38(45)27(43)3/h6-19,24-25,27H,5,20-23H2,1-4H3/t27-/m1/s1. The Morgan fingerprint density at radius 2 is 1.64 bits per heavy atom. The van der Waals surface area contributed by atoms with Crippen LogP contribution in [0.5, 0.6) is 5.75 Å². The summed E-state index contributed by atoms with van der Waals surface area (Å²) < 4.78 is 36.0. The number of benzene rings is 3. The van der Waals surface area contributed by atoms with Crippen molar-refractivity contribution in [3.05, 3.63) is 113 Å². The molecule has 3 aromatic carbocycles. The summed E-state index contributed by atoms with van der Waals surface area (Å²) in [6.07, 6.45) is 3.20. The lowest BCUT2D eigenvalue weighted by Gasteiger charge is -2.37. The zero-order valence-electron chi connectivity index (χ0n) is 28.5. The largest absolute Gasteiger partial charge is 0.492 e. The summed E-state index contributed by atoms with van der Waals surface area (Å²) >= 11 is 0. The molecule has 10 nitrogen and oxygen atoms in total. The van der Waals surface area contributed by atoms with E-state index in [1.165, 1.54) is 10.8 Å². The fraction of sp³-hybridized carbons (Fsp3) is 0.256. The van der Waals surface area contributed by atoms with Gasteiger partial charge in [-0.1, -0.05) is 42.0 Å². The number of ether oxygens (including phenoxy) is 1. The maximum atomic E-state index is 13.7. The summed E-state index contributed by atoms with van der Waals surface area (Å²) in [7, 11) is -2.17. The zero-order chi connectivity index (χ0) is 35.2. The summed E-state index contributed by atoms with van der Waals surface area (Å²) in [4.78, 5) is 34.8. The molecule has 0 spiro atoms. The molecule has 0 aliphatic carbocycles. The van der Waals surface area contributed by atoms with Crippen LogP contribution in [0.15, 0.2) is 107 Å². The SMILES string of the molecule is CCn1cc(-c2ccc3cc(-c4ccc(OCCN5CCN(C)C(=O)[C@H]5C)cc4)ccc3n2)c2ccn(S(=O)(=O)c3ccc(C)cc3)c2c1=O. The number of rotatable bonds is 9. The number of pyridine rings is 2. The van der Waals surface area contributed by atoms with Gasteiger partial charge in [-0.15, -0.1) is 0 Å². The quantitative estimate of drug-likeness (QED) is 0.189. The Kier molecular flexibility index (Phi) is 8.79. The second-order valence-corrected chi connectivity index (χ2v) is 14.6. The molecule has 7 rings (SSSR count). The van der Waals surface area contributed by atoms with Gasteiger partial charge >= 0.3 is 0 Å². The summed E-state index contributed by atoms with van der Waals surface area (Å²) in [5, 5.41) is 1.47. The minimum atomic E-state index is -4.01. The normalized spacial score (nSPS) is 15.6. The number of fused-ring (bicyclic) bond motifs is 2. The molecule has 0 N–H and O–H groups in total. The van der Waals surface area contributed by atoms with Crippen LogP contribution in [0.4, 0.5) is 0 Å². The molecule has 3 aromatic heterocycles. The van der Waals surface area contributed by atoms with Crippen LogP contribution in [0.2, 0.25) is 0 Å². The summed E-state index contributed by atoms with van der Waals surface area (Å²) in [5.41, 5.74) is 4.82. The molecule has 50 heavy (non-hydrogen) atoms. The Morgan fingerprint density at radius 1 is 0.900 bits per heavy atom. The first-order valence-corrected chi connectivity index (χ1v) is 18.2. The molecule has 1 aliphatic rings. The molecular formula is C39H39N5O5S. The van der Waals surface area contributed by atoms with Crippen molar-refractivity contribution in [1.82, 2.24) is 23.3 Å². The molecule has 1 aliphatic heterocycles. The highest BCUT2D eigenvalue weighted by atomic mass is 32.2. The number of carbonyl (C=O) groups excluding carboxylic acids is 1. The van der Waals surface area contributed by atoms with Gasteiger partial charge in [0.15, 0.2) is 0 Å². The molecule has 11 heteroatoms. The Balaban J connectivity index is 1.13. The van der Waals surface area contributed by atoms with Gasteiger partial charge in [-0.2, -0.15) is 0 Å². The lowest BCUT2D eigenvalue weighted by Crippen LogP contribution is -2.55. The predicted octanol–water partition coefficient (Wildman–Crippen LogP) is 5.79. The van der Waals surface area contributed by atoms with Crippen molar-refractivity contribution in [3.8, 4) is 28.1 Å². The van der Waals surface area contributed by atoms with Crippen molar-refractivity contribution >= 4 is 37.7 Å². The van der Waals surface area contributed by atoms with Crippen molar-refractivity contribution in [3.63, 3.8) is 0 Å². The number of nitrogens with zero attached hydrogens (tertiary/aromatic N) is 5. The molecule has 1 amide bonds. The van der Waals surface area contributed by atoms with Gasteiger partial charge in [0.1, 0.15) is 17.9 Å². The van der Waals surface area contributed by atoms with E-state index in [0.717, 1.165) is 50.4 Å². The molecule has 0 saturated carbocycles. The Labute approximate surface area is 291 Å². The maximum absolute atomic E-state index is 13.7. The van der Waals surface area contributed by atoms with Crippen LogP contribution in [0.1, 0.15) is 19.4 Å². The van der Waals surface area contributed by atoms with E-state index in [9.17, 15) is 18.0 Å². The van der Waals surface area contributed by atoms with Gasteiger partial charge in [-0.3, -0.25) is 14.5 Å². The number of aromatic nitrogens is 3. The smallest absolute Gasteiger partial charge is 0.276 e. The number of aryl methyl sites for hydroxylation is 2. The molecule has 0 bridgehead atoms. The van der Waals surface area contributed by atoms with Gasteiger partial charge in [0.05, 0.1) is 22.1 Å². The molecule has 1 fully saturated rings. The average Bonchev–Trinajstić information content (AvgIpc) is 3.59.